The smallest absolute Gasteiger partial charge is 0.417 e. The van der Waals surface area contributed by atoms with Crippen LogP contribution in [0.3, 0.4) is 0 Å². The number of rotatable bonds is 9. The van der Waals surface area contributed by atoms with E-state index in [2.05, 4.69) is 32.1 Å². The van der Waals surface area contributed by atoms with Crippen molar-refractivity contribution in [1.82, 2.24) is 24.8 Å². The van der Waals surface area contributed by atoms with Gasteiger partial charge in [-0.1, -0.05) is 29.0 Å². The number of alkyl halides is 3. The van der Waals surface area contributed by atoms with Gasteiger partial charge in [-0.25, -0.2) is 15.0 Å². The van der Waals surface area contributed by atoms with Crippen molar-refractivity contribution in [3.05, 3.63) is 51.7 Å². The summed E-state index contributed by atoms with van der Waals surface area (Å²) in [4.78, 5) is 45.1. The first kappa shape index (κ1) is 32.1. The maximum atomic E-state index is 13.6. The Balaban J connectivity index is 1.29. The number of esters is 1. The number of nitrogens with one attached hydrogen (secondary N) is 1. The van der Waals surface area contributed by atoms with Crippen LogP contribution in [-0.4, -0.2) is 88.5 Å². The van der Waals surface area contributed by atoms with E-state index in [1.807, 2.05) is 9.80 Å². The number of ether oxygens (including phenoxy) is 1. The van der Waals surface area contributed by atoms with Crippen LogP contribution < -0.4 is 10.2 Å². The van der Waals surface area contributed by atoms with Crippen LogP contribution in [0.2, 0.25) is 5.02 Å². The van der Waals surface area contributed by atoms with E-state index in [1.165, 1.54) is 35.9 Å². The summed E-state index contributed by atoms with van der Waals surface area (Å²) in [6.07, 6.45) is 0.358. The second-order valence-electron chi connectivity index (χ2n) is 10.7. The number of likely N-dealkylation sites (tertiary alicyclic amines) is 1. The molecule has 2 saturated heterocycles. The second kappa shape index (κ2) is 13.8. The first-order chi connectivity index (χ1) is 21.0. The normalized spacial score (nSPS) is 18.0. The first-order valence-electron chi connectivity index (χ1n) is 14.4. The topological polar surface area (TPSA) is 104 Å². The highest BCUT2D eigenvalue weighted by Gasteiger charge is 2.34. The highest BCUT2D eigenvalue weighted by Crippen LogP contribution is 2.40. The number of nitrogens with zero attached hydrogens (tertiary/aromatic N) is 6. The molecule has 1 amide bonds. The quantitative estimate of drug-likeness (QED) is 0.313. The molecule has 0 bridgehead atoms. The molecule has 2 aliphatic rings. The van der Waals surface area contributed by atoms with Gasteiger partial charge in [0.2, 0.25) is 0 Å². The lowest BCUT2D eigenvalue weighted by atomic mass is 10.1. The van der Waals surface area contributed by atoms with Crippen molar-refractivity contribution in [3.63, 3.8) is 0 Å². The lowest BCUT2D eigenvalue weighted by Crippen LogP contribution is -2.48. The lowest BCUT2D eigenvalue weighted by molar-refractivity contribution is -0.144. The molecule has 0 radical (unpaired) electrons. The number of aromatic nitrogens is 3. The molecule has 0 aliphatic carbocycles. The van der Waals surface area contributed by atoms with Gasteiger partial charge in [0.15, 0.2) is 5.13 Å². The number of carbonyl (C=O) groups is 2. The van der Waals surface area contributed by atoms with Crippen molar-refractivity contribution in [1.29, 1.82) is 0 Å². The Kier molecular flexibility index (Phi) is 10.0. The van der Waals surface area contributed by atoms with E-state index >= 15 is 0 Å². The molecule has 15 heteroatoms. The standard InChI is InChI=1S/C29H33ClF3N7O3S/c1-3-43-25(41)17-38-9-11-39(12-10-38)24-15-34-22(14-35-24)27(42)37-28-36-26(23(44-28)16-40-8-4-5-18(40)2)19-6-7-21(30)20(13-19)29(31,32)33/h6-7,13-15,18H,3-5,8-12,16-17H2,1-2H3,(H,36,37,42). The van der Waals surface area contributed by atoms with Crippen LogP contribution >= 0.6 is 22.9 Å². The SMILES string of the molecule is CCOC(=O)CN1CCN(c2cnc(C(=O)Nc3nc(-c4ccc(Cl)c(C(F)(F)F)c4)c(CN4CCCC4C)s3)cn2)CC1. The van der Waals surface area contributed by atoms with Crippen LogP contribution in [0.15, 0.2) is 30.6 Å². The molecule has 3 aromatic rings. The summed E-state index contributed by atoms with van der Waals surface area (Å²) in [5.74, 6) is -0.170. The van der Waals surface area contributed by atoms with E-state index in [4.69, 9.17) is 16.3 Å². The number of hydrogen-bond acceptors (Lipinski definition) is 10. The zero-order valence-electron chi connectivity index (χ0n) is 24.4. The fourth-order valence-electron chi connectivity index (χ4n) is 5.33. The Hall–Kier alpha value is -3.33. The van der Waals surface area contributed by atoms with E-state index in [9.17, 15) is 22.8 Å². The minimum Gasteiger partial charge on any atom is -0.465 e. The third kappa shape index (κ3) is 7.65. The molecule has 2 fully saturated rings. The van der Waals surface area contributed by atoms with Gasteiger partial charge in [0.05, 0.1) is 41.8 Å². The summed E-state index contributed by atoms with van der Waals surface area (Å²) >= 11 is 7.09. The van der Waals surface area contributed by atoms with Gasteiger partial charge in [-0.3, -0.25) is 24.7 Å². The van der Waals surface area contributed by atoms with Crippen molar-refractivity contribution in [2.45, 2.75) is 45.5 Å². The number of piperazine rings is 1. The molecule has 2 aromatic heterocycles. The molecule has 10 nitrogen and oxygen atoms in total. The molecule has 4 heterocycles. The number of anilines is 2. The summed E-state index contributed by atoms with van der Waals surface area (Å²) in [6.45, 7) is 8.45. The molecule has 44 heavy (non-hydrogen) atoms. The number of benzene rings is 1. The predicted molar refractivity (Wildman–Crippen MR) is 162 cm³/mol. The molecule has 0 saturated carbocycles. The van der Waals surface area contributed by atoms with Crippen LogP contribution in [0.5, 0.6) is 0 Å². The Bertz CT molecular complexity index is 1480. The summed E-state index contributed by atoms with van der Waals surface area (Å²) < 4.78 is 45.9. The van der Waals surface area contributed by atoms with Crippen LogP contribution in [-0.2, 0) is 22.3 Å². The fraction of sp³-hybridized carbons (Fsp3) is 0.483. The molecule has 236 valence electrons. The van der Waals surface area contributed by atoms with Crippen molar-refractivity contribution >= 4 is 45.8 Å². The van der Waals surface area contributed by atoms with Gasteiger partial charge in [0, 0.05) is 49.2 Å². The van der Waals surface area contributed by atoms with Crippen LogP contribution in [0.1, 0.15) is 47.6 Å². The fourth-order valence-corrected chi connectivity index (χ4v) is 6.56. The minimum absolute atomic E-state index is 0.0759. The molecular formula is C29H33ClF3N7O3S. The third-order valence-electron chi connectivity index (χ3n) is 7.73. The van der Waals surface area contributed by atoms with Gasteiger partial charge in [0.1, 0.15) is 11.5 Å². The van der Waals surface area contributed by atoms with Crippen molar-refractivity contribution in [2.75, 3.05) is 56.1 Å². The number of hydrogen-bond donors (Lipinski definition) is 1. The van der Waals surface area contributed by atoms with E-state index < -0.39 is 17.6 Å². The maximum absolute atomic E-state index is 13.6. The van der Waals surface area contributed by atoms with E-state index in [-0.39, 0.29) is 33.9 Å². The summed E-state index contributed by atoms with van der Waals surface area (Å²) in [5.41, 5.74) is -0.222. The first-order valence-corrected chi connectivity index (χ1v) is 15.6. The predicted octanol–water partition coefficient (Wildman–Crippen LogP) is 5.19. The summed E-state index contributed by atoms with van der Waals surface area (Å²) in [7, 11) is 0. The number of amides is 1. The Labute approximate surface area is 262 Å². The minimum atomic E-state index is -4.62. The van der Waals surface area contributed by atoms with Gasteiger partial charge in [-0.2, -0.15) is 13.2 Å². The zero-order valence-corrected chi connectivity index (χ0v) is 25.9. The Morgan fingerprint density at radius 2 is 1.91 bits per heavy atom. The van der Waals surface area contributed by atoms with Crippen molar-refractivity contribution in [2.24, 2.45) is 0 Å². The highest BCUT2D eigenvalue weighted by molar-refractivity contribution is 7.16. The van der Waals surface area contributed by atoms with E-state index in [0.717, 1.165) is 30.3 Å². The molecular weight excluding hydrogens is 619 g/mol. The van der Waals surface area contributed by atoms with Crippen molar-refractivity contribution in [3.8, 4) is 11.3 Å². The van der Waals surface area contributed by atoms with E-state index in [0.29, 0.717) is 56.9 Å². The van der Waals surface area contributed by atoms with Crippen LogP contribution in [0, 0.1) is 0 Å². The Morgan fingerprint density at radius 3 is 2.55 bits per heavy atom. The average Bonchev–Trinajstić information content (AvgIpc) is 3.58. The monoisotopic (exact) mass is 651 g/mol. The molecule has 0 spiro atoms. The average molecular weight is 652 g/mol. The number of thiazole rings is 1. The molecule has 1 aromatic carbocycles. The summed E-state index contributed by atoms with van der Waals surface area (Å²) in [5, 5.41) is 2.61. The molecule has 1 atom stereocenters. The largest absolute Gasteiger partial charge is 0.465 e. The molecule has 2 aliphatic heterocycles. The van der Waals surface area contributed by atoms with Crippen LogP contribution in [0.4, 0.5) is 24.1 Å². The number of halogens is 4. The molecule has 1 N–H and O–H groups in total. The second-order valence-corrected chi connectivity index (χ2v) is 12.2. The molecule has 1 unspecified atom stereocenters. The zero-order chi connectivity index (χ0) is 31.4. The van der Waals surface area contributed by atoms with Gasteiger partial charge in [0.25, 0.3) is 5.91 Å². The molecule has 5 rings (SSSR count). The maximum Gasteiger partial charge on any atom is 0.417 e. The van der Waals surface area contributed by atoms with Gasteiger partial charge in [-0.15, -0.1) is 0 Å². The van der Waals surface area contributed by atoms with Gasteiger partial charge in [-0.05, 0) is 45.4 Å². The Morgan fingerprint density at radius 1 is 1.14 bits per heavy atom. The van der Waals surface area contributed by atoms with Crippen LogP contribution in [0.25, 0.3) is 11.3 Å². The number of carbonyl (C=O) groups excluding carboxylic acids is 2. The third-order valence-corrected chi connectivity index (χ3v) is 9.01. The highest BCUT2D eigenvalue weighted by atomic mass is 35.5. The van der Waals surface area contributed by atoms with Gasteiger partial charge < -0.3 is 9.64 Å². The van der Waals surface area contributed by atoms with E-state index in [1.54, 1.807) is 6.92 Å². The van der Waals surface area contributed by atoms with Gasteiger partial charge >= 0.3 is 12.1 Å². The lowest BCUT2D eigenvalue weighted by Gasteiger charge is -2.34. The van der Waals surface area contributed by atoms with Crippen molar-refractivity contribution < 1.29 is 27.5 Å². The summed E-state index contributed by atoms with van der Waals surface area (Å²) in [6, 6.07) is 4.06.